The average molecular weight is 424 g/mol. The van der Waals surface area contributed by atoms with Gasteiger partial charge in [-0.3, -0.25) is 9.48 Å². The minimum absolute atomic E-state index is 0.111. The van der Waals surface area contributed by atoms with Gasteiger partial charge < -0.3 is 5.11 Å². The summed E-state index contributed by atoms with van der Waals surface area (Å²) in [4.78, 5) is 13.4. The standard InChI is InChI=1S/C26H37N3O2/c1-16-8-9-25(2)18(10-16)4-5-19-20-6-7-21(26(20,3)24(31)11-22(19)25)23(30)15-29-14-17(12-27)13-28-29/h13-14,16,18-22,24,31H,4-11,15H2,1-3H3/t16?,18?,19?,20?,21?,22?,24?,25?,26-/m0/s1. The van der Waals surface area contributed by atoms with E-state index >= 15 is 0 Å². The molecular formula is C26H37N3O2. The van der Waals surface area contributed by atoms with Crippen LogP contribution >= 0.6 is 0 Å². The Kier molecular flexibility index (Phi) is 5.09. The lowest BCUT2D eigenvalue weighted by Gasteiger charge is -2.62. The van der Waals surface area contributed by atoms with Crippen molar-refractivity contribution in [2.24, 2.45) is 46.3 Å². The Morgan fingerprint density at radius 1 is 1.23 bits per heavy atom. The third kappa shape index (κ3) is 3.12. The third-order valence-corrected chi connectivity index (χ3v) is 10.5. The molecule has 4 saturated carbocycles. The Labute approximate surface area is 186 Å². The van der Waals surface area contributed by atoms with Crippen LogP contribution in [0, 0.1) is 57.7 Å². The van der Waals surface area contributed by atoms with Crippen molar-refractivity contribution < 1.29 is 9.90 Å². The summed E-state index contributed by atoms with van der Waals surface area (Å²) in [6.07, 6.45) is 12.1. The predicted octanol–water partition coefficient (Wildman–Crippen LogP) is 4.59. The summed E-state index contributed by atoms with van der Waals surface area (Å²) in [6, 6.07) is 2.08. The Morgan fingerprint density at radius 2 is 2.03 bits per heavy atom. The molecule has 0 spiro atoms. The van der Waals surface area contributed by atoms with Gasteiger partial charge in [0.1, 0.15) is 6.07 Å². The SMILES string of the molecule is CC1CCC2(C)C(CCC3C2CC(O)[C@]2(C)C(C(=O)Cn4cc(C#N)cn4)CCC32)C1. The average Bonchev–Trinajstić information content (AvgIpc) is 3.34. The van der Waals surface area contributed by atoms with Gasteiger partial charge in [-0.25, -0.2) is 0 Å². The maximum absolute atomic E-state index is 13.4. The number of carbonyl (C=O) groups excluding carboxylic acids is 1. The largest absolute Gasteiger partial charge is 0.393 e. The van der Waals surface area contributed by atoms with E-state index in [0.717, 1.165) is 31.1 Å². The van der Waals surface area contributed by atoms with Crippen molar-refractivity contribution in [3.63, 3.8) is 0 Å². The van der Waals surface area contributed by atoms with Crippen molar-refractivity contribution in [1.82, 2.24) is 9.78 Å². The van der Waals surface area contributed by atoms with Crippen LogP contribution in [0.2, 0.25) is 0 Å². The molecule has 0 aliphatic heterocycles. The van der Waals surface area contributed by atoms with Gasteiger partial charge in [-0.05, 0) is 80.0 Å². The predicted molar refractivity (Wildman–Crippen MR) is 118 cm³/mol. The van der Waals surface area contributed by atoms with Crippen molar-refractivity contribution in [3.05, 3.63) is 18.0 Å². The summed E-state index contributed by atoms with van der Waals surface area (Å²) in [7, 11) is 0. The quantitative estimate of drug-likeness (QED) is 0.771. The number of carbonyl (C=O) groups is 1. The monoisotopic (exact) mass is 423 g/mol. The lowest BCUT2D eigenvalue weighted by Crippen LogP contribution is -2.58. The van der Waals surface area contributed by atoms with Crippen LogP contribution in [-0.4, -0.2) is 26.8 Å². The second-order valence-electron chi connectivity index (χ2n) is 11.8. The zero-order valence-corrected chi connectivity index (χ0v) is 19.3. The van der Waals surface area contributed by atoms with Crippen molar-refractivity contribution in [2.75, 3.05) is 0 Å². The number of ketones is 1. The number of Topliss-reactive ketones (excluding diaryl/α,β-unsaturated/α-hetero) is 1. The van der Waals surface area contributed by atoms with Gasteiger partial charge in [-0.15, -0.1) is 0 Å². The molecule has 0 bridgehead atoms. The first kappa shape index (κ1) is 21.2. The zero-order valence-electron chi connectivity index (χ0n) is 19.3. The molecule has 5 nitrogen and oxygen atoms in total. The number of nitriles is 1. The van der Waals surface area contributed by atoms with Crippen LogP contribution in [-0.2, 0) is 11.3 Å². The molecule has 0 saturated heterocycles. The van der Waals surface area contributed by atoms with E-state index in [0.29, 0.717) is 28.7 Å². The molecule has 1 aromatic rings. The van der Waals surface area contributed by atoms with Crippen LogP contribution in [0.25, 0.3) is 0 Å². The summed E-state index contributed by atoms with van der Waals surface area (Å²) in [6.45, 7) is 7.34. The second kappa shape index (κ2) is 7.44. The van der Waals surface area contributed by atoms with Crippen molar-refractivity contribution >= 4 is 5.78 Å². The van der Waals surface area contributed by atoms with E-state index in [9.17, 15) is 9.90 Å². The molecule has 1 aromatic heterocycles. The van der Waals surface area contributed by atoms with Crippen molar-refractivity contribution in [3.8, 4) is 6.07 Å². The molecule has 1 heterocycles. The van der Waals surface area contributed by atoms with Gasteiger partial charge in [0, 0.05) is 17.5 Å². The van der Waals surface area contributed by atoms with Crippen LogP contribution in [0.4, 0.5) is 0 Å². The molecule has 5 rings (SSSR count). The van der Waals surface area contributed by atoms with E-state index in [1.54, 1.807) is 10.9 Å². The van der Waals surface area contributed by atoms with Gasteiger partial charge in [-0.1, -0.05) is 27.2 Å². The lowest BCUT2D eigenvalue weighted by atomic mass is 9.43. The topological polar surface area (TPSA) is 78.9 Å². The highest BCUT2D eigenvalue weighted by Crippen LogP contribution is 2.67. The fraction of sp³-hybridized carbons (Fsp3) is 0.808. The van der Waals surface area contributed by atoms with Gasteiger partial charge in [0.25, 0.3) is 0 Å². The van der Waals surface area contributed by atoms with E-state index in [2.05, 4.69) is 31.9 Å². The van der Waals surface area contributed by atoms with Gasteiger partial charge >= 0.3 is 0 Å². The Bertz CT molecular complexity index is 903. The smallest absolute Gasteiger partial charge is 0.157 e. The minimum Gasteiger partial charge on any atom is -0.393 e. The Hall–Kier alpha value is -1.67. The van der Waals surface area contributed by atoms with Gasteiger partial charge in [0.05, 0.1) is 24.4 Å². The number of aromatic nitrogens is 2. The molecule has 4 aliphatic rings. The summed E-state index contributed by atoms with van der Waals surface area (Å²) in [5.74, 6) is 3.40. The molecule has 8 unspecified atom stereocenters. The molecule has 1 N–H and O–H groups in total. The van der Waals surface area contributed by atoms with E-state index in [-0.39, 0.29) is 23.7 Å². The van der Waals surface area contributed by atoms with E-state index < -0.39 is 6.10 Å². The van der Waals surface area contributed by atoms with E-state index in [4.69, 9.17) is 5.26 Å². The first-order valence-electron chi connectivity index (χ1n) is 12.4. The van der Waals surface area contributed by atoms with Crippen LogP contribution in [0.3, 0.4) is 0 Å². The van der Waals surface area contributed by atoms with Crippen LogP contribution in [0.1, 0.15) is 77.7 Å². The highest BCUT2D eigenvalue weighted by Gasteiger charge is 2.64. The number of aliphatic hydroxyl groups excluding tert-OH is 1. The number of hydrogen-bond donors (Lipinski definition) is 1. The third-order valence-electron chi connectivity index (χ3n) is 10.5. The van der Waals surface area contributed by atoms with Crippen molar-refractivity contribution in [2.45, 2.75) is 84.8 Å². The normalized spacial score (nSPS) is 46.5. The Balaban J connectivity index is 1.38. The molecular weight excluding hydrogens is 386 g/mol. The van der Waals surface area contributed by atoms with Crippen LogP contribution < -0.4 is 0 Å². The van der Waals surface area contributed by atoms with E-state index in [1.807, 2.05) is 0 Å². The first-order valence-corrected chi connectivity index (χ1v) is 12.4. The van der Waals surface area contributed by atoms with Gasteiger partial charge in [0.15, 0.2) is 5.78 Å². The number of hydrogen-bond acceptors (Lipinski definition) is 4. The molecule has 5 heteroatoms. The fourth-order valence-electron chi connectivity index (χ4n) is 8.74. The number of aliphatic hydroxyl groups is 1. The highest BCUT2D eigenvalue weighted by molar-refractivity contribution is 5.82. The molecule has 0 amide bonds. The van der Waals surface area contributed by atoms with Crippen molar-refractivity contribution in [1.29, 1.82) is 5.26 Å². The maximum atomic E-state index is 13.4. The maximum Gasteiger partial charge on any atom is 0.157 e. The number of fused-ring (bicyclic) bond motifs is 5. The molecule has 168 valence electrons. The molecule has 0 radical (unpaired) electrons. The Morgan fingerprint density at radius 3 is 2.77 bits per heavy atom. The molecule has 4 aliphatic carbocycles. The first-order chi connectivity index (χ1) is 14.8. The lowest BCUT2D eigenvalue weighted by molar-refractivity contribution is -0.171. The molecule has 31 heavy (non-hydrogen) atoms. The summed E-state index contributed by atoms with van der Waals surface area (Å²) in [5.41, 5.74) is 0.521. The zero-order chi connectivity index (χ0) is 22.0. The van der Waals surface area contributed by atoms with Gasteiger partial charge in [-0.2, -0.15) is 10.4 Å². The summed E-state index contributed by atoms with van der Waals surface area (Å²) >= 11 is 0. The van der Waals surface area contributed by atoms with Gasteiger partial charge in [0.2, 0.25) is 0 Å². The molecule has 4 fully saturated rings. The number of rotatable bonds is 3. The van der Waals surface area contributed by atoms with E-state index in [1.165, 1.54) is 38.3 Å². The summed E-state index contributed by atoms with van der Waals surface area (Å²) < 4.78 is 1.59. The fourth-order valence-corrected chi connectivity index (χ4v) is 8.74. The highest BCUT2D eigenvalue weighted by atomic mass is 16.3. The molecule has 9 atom stereocenters. The molecule has 0 aromatic carbocycles. The second-order valence-corrected chi connectivity index (χ2v) is 11.8. The van der Waals surface area contributed by atoms with Crippen LogP contribution in [0.5, 0.6) is 0 Å². The van der Waals surface area contributed by atoms with Crippen LogP contribution in [0.15, 0.2) is 12.4 Å². The summed E-state index contributed by atoms with van der Waals surface area (Å²) in [5, 5.41) is 24.8. The minimum atomic E-state index is -0.405. The number of nitrogens with zero attached hydrogens (tertiary/aromatic N) is 3.